The Balaban J connectivity index is 1.69. The number of hydrogen-bond donors (Lipinski definition) is 1. The molecule has 4 rings (SSSR count). The van der Waals surface area contributed by atoms with E-state index in [1.807, 2.05) is 12.4 Å². The molecule has 0 fully saturated rings. The van der Waals surface area contributed by atoms with Crippen molar-refractivity contribution in [2.24, 2.45) is 18.7 Å². The van der Waals surface area contributed by atoms with E-state index in [1.54, 1.807) is 11.8 Å². The van der Waals surface area contributed by atoms with Crippen LogP contribution in [0.4, 0.5) is 11.4 Å². The summed E-state index contributed by atoms with van der Waals surface area (Å²) in [5.74, 6) is 2.01. The summed E-state index contributed by atoms with van der Waals surface area (Å²) in [6, 6.07) is 17.3. The standard InChI is InChI=1S/C23H28N4S/c1-4-16(5-2)21(22-25-14-15-26(22)3)17-10-12-18(13-11-17)27-19-8-6-7-9-20(19)28-23(27)24/h6-16,21,23H,4-5,24H2,1-3H3. The van der Waals surface area contributed by atoms with Crippen LogP contribution in [0.2, 0.25) is 0 Å². The zero-order valence-electron chi connectivity index (χ0n) is 16.7. The van der Waals surface area contributed by atoms with Crippen molar-refractivity contribution in [1.29, 1.82) is 0 Å². The molecule has 0 spiro atoms. The first-order chi connectivity index (χ1) is 13.6. The minimum atomic E-state index is -0.0902. The second-order valence-electron chi connectivity index (χ2n) is 7.39. The van der Waals surface area contributed by atoms with Gasteiger partial charge in [-0.3, -0.25) is 0 Å². The molecule has 0 saturated heterocycles. The van der Waals surface area contributed by atoms with Crippen molar-refractivity contribution in [3.8, 4) is 0 Å². The van der Waals surface area contributed by atoms with Crippen LogP contribution in [0, 0.1) is 5.92 Å². The molecular formula is C23H28N4S. The summed E-state index contributed by atoms with van der Waals surface area (Å²) in [6.45, 7) is 4.55. The normalized spacial score (nSPS) is 17.2. The van der Waals surface area contributed by atoms with Gasteiger partial charge in [0.1, 0.15) is 11.3 Å². The molecule has 0 saturated carbocycles. The maximum Gasteiger partial charge on any atom is 0.134 e. The molecule has 1 aliphatic rings. The molecule has 3 aromatic rings. The average molecular weight is 393 g/mol. The summed E-state index contributed by atoms with van der Waals surface area (Å²) in [5.41, 5.74) is 9.98. The molecule has 0 aliphatic carbocycles. The predicted octanol–water partition coefficient (Wildman–Crippen LogP) is 5.47. The van der Waals surface area contributed by atoms with Crippen molar-refractivity contribution < 1.29 is 0 Å². The molecule has 0 bridgehead atoms. The predicted molar refractivity (Wildman–Crippen MR) is 118 cm³/mol. The molecule has 2 atom stereocenters. The number of benzene rings is 2. The van der Waals surface area contributed by atoms with Crippen LogP contribution >= 0.6 is 11.8 Å². The van der Waals surface area contributed by atoms with E-state index in [0.29, 0.717) is 11.8 Å². The van der Waals surface area contributed by atoms with Crippen LogP contribution in [0.1, 0.15) is 44.0 Å². The first-order valence-electron chi connectivity index (χ1n) is 10.0. The lowest BCUT2D eigenvalue weighted by atomic mass is 9.82. The zero-order chi connectivity index (χ0) is 19.7. The van der Waals surface area contributed by atoms with Crippen LogP contribution in [0.5, 0.6) is 0 Å². The Morgan fingerprint density at radius 3 is 2.43 bits per heavy atom. The van der Waals surface area contributed by atoms with Crippen molar-refractivity contribution >= 4 is 23.1 Å². The Labute approximate surface area is 171 Å². The van der Waals surface area contributed by atoms with Crippen molar-refractivity contribution in [3.63, 3.8) is 0 Å². The minimum absolute atomic E-state index is 0.0902. The molecule has 4 nitrogen and oxygen atoms in total. The summed E-state index contributed by atoms with van der Waals surface area (Å²) in [5, 5.41) is 0. The third-order valence-electron chi connectivity index (χ3n) is 5.81. The highest BCUT2D eigenvalue weighted by atomic mass is 32.2. The maximum absolute atomic E-state index is 6.42. The summed E-state index contributed by atoms with van der Waals surface area (Å²) in [6.07, 6.45) is 6.21. The summed E-state index contributed by atoms with van der Waals surface area (Å²) >= 11 is 1.71. The van der Waals surface area contributed by atoms with Gasteiger partial charge in [-0.25, -0.2) is 4.98 Å². The van der Waals surface area contributed by atoms with Crippen LogP contribution in [0.15, 0.2) is 65.8 Å². The maximum atomic E-state index is 6.42. The number of hydrogen-bond acceptors (Lipinski definition) is 4. The monoisotopic (exact) mass is 392 g/mol. The molecule has 2 N–H and O–H groups in total. The van der Waals surface area contributed by atoms with Crippen LogP contribution in [-0.4, -0.2) is 15.0 Å². The molecule has 0 amide bonds. The number of imidazole rings is 1. The largest absolute Gasteiger partial charge is 0.337 e. The lowest BCUT2D eigenvalue weighted by Crippen LogP contribution is -2.32. The third kappa shape index (κ3) is 3.33. The highest BCUT2D eigenvalue weighted by Crippen LogP contribution is 2.45. The molecule has 0 radical (unpaired) electrons. The van der Waals surface area contributed by atoms with E-state index in [9.17, 15) is 0 Å². The van der Waals surface area contributed by atoms with Gasteiger partial charge in [-0.05, 0) is 35.7 Å². The fourth-order valence-corrected chi connectivity index (χ4v) is 5.32. The number of aryl methyl sites for hydroxylation is 1. The first kappa shape index (κ1) is 19.1. The van der Waals surface area contributed by atoms with E-state index in [1.165, 1.54) is 16.1 Å². The summed E-state index contributed by atoms with van der Waals surface area (Å²) in [7, 11) is 2.09. The van der Waals surface area contributed by atoms with Gasteiger partial charge in [0.15, 0.2) is 0 Å². The summed E-state index contributed by atoms with van der Waals surface area (Å²) < 4.78 is 2.15. The number of rotatable bonds is 6. The van der Waals surface area contributed by atoms with E-state index in [2.05, 4.69) is 83.9 Å². The number of para-hydroxylation sites is 1. The topological polar surface area (TPSA) is 47.1 Å². The molecule has 1 aromatic heterocycles. The fraction of sp³-hybridized carbons (Fsp3) is 0.348. The Morgan fingerprint density at radius 1 is 1.07 bits per heavy atom. The molecule has 2 aromatic carbocycles. The Bertz CT molecular complexity index is 930. The second kappa shape index (κ2) is 8.02. The van der Waals surface area contributed by atoms with E-state index in [4.69, 9.17) is 5.73 Å². The number of fused-ring (bicyclic) bond motifs is 1. The Kier molecular flexibility index (Phi) is 5.47. The van der Waals surface area contributed by atoms with Gasteiger partial charge >= 0.3 is 0 Å². The van der Waals surface area contributed by atoms with E-state index in [0.717, 1.165) is 24.4 Å². The second-order valence-corrected chi connectivity index (χ2v) is 8.55. The van der Waals surface area contributed by atoms with Gasteiger partial charge < -0.3 is 15.2 Å². The van der Waals surface area contributed by atoms with Crippen LogP contribution in [-0.2, 0) is 7.05 Å². The third-order valence-corrected chi connectivity index (χ3v) is 6.87. The SMILES string of the molecule is CCC(CC)C(c1ccc(N2c3ccccc3SC2N)cc1)c1nccn1C. The van der Waals surface area contributed by atoms with Gasteiger partial charge in [-0.15, -0.1) is 0 Å². The number of nitrogens with two attached hydrogens (primary N) is 1. The quantitative estimate of drug-likeness (QED) is 0.604. The number of aromatic nitrogens is 2. The van der Waals surface area contributed by atoms with E-state index >= 15 is 0 Å². The smallest absolute Gasteiger partial charge is 0.134 e. The highest BCUT2D eigenvalue weighted by Gasteiger charge is 2.29. The van der Waals surface area contributed by atoms with Crippen molar-refractivity contribution in [1.82, 2.24) is 9.55 Å². The summed E-state index contributed by atoms with van der Waals surface area (Å²) in [4.78, 5) is 8.14. The van der Waals surface area contributed by atoms with Gasteiger partial charge in [0.05, 0.1) is 5.69 Å². The number of thioether (sulfide) groups is 1. The van der Waals surface area contributed by atoms with Gasteiger partial charge in [0, 0.05) is 35.9 Å². The molecule has 28 heavy (non-hydrogen) atoms. The number of nitrogens with zero attached hydrogens (tertiary/aromatic N) is 3. The van der Waals surface area contributed by atoms with E-state index in [-0.39, 0.29) is 5.50 Å². The Hall–Kier alpha value is -2.24. The van der Waals surface area contributed by atoms with Gasteiger partial charge in [-0.2, -0.15) is 0 Å². The highest BCUT2D eigenvalue weighted by molar-refractivity contribution is 8.00. The lowest BCUT2D eigenvalue weighted by Gasteiger charge is -2.27. The molecule has 2 heterocycles. The molecule has 1 aliphatic heterocycles. The van der Waals surface area contributed by atoms with Crippen molar-refractivity contribution in [2.45, 2.75) is 43.0 Å². The lowest BCUT2D eigenvalue weighted by molar-refractivity contribution is 0.418. The van der Waals surface area contributed by atoms with Gasteiger partial charge in [-0.1, -0.05) is 62.7 Å². The molecule has 5 heteroatoms. The Morgan fingerprint density at radius 2 is 1.79 bits per heavy atom. The van der Waals surface area contributed by atoms with E-state index < -0.39 is 0 Å². The van der Waals surface area contributed by atoms with Crippen LogP contribution < -0.4 is 10.6 Å². The van der Waals surface area contributed by atoms with Crippen LogP contribution in [0.25, 0.3) is 0 Å². The first-order valence-corrected chi connectivity index (χ1v) is 10.9. The van der Waals surface area contributed by atoms with Gasteiger partial charge in [0.25, 0.3) is 0 Å². The molecule has 146 valence electrons. The molecular weight excluding hydrogens is 364 g/mol. The molecule has 2 unspecified atom stereocenters. The van der Waals surface area contributed by atoms with Crippen molar-refractivity contribution in [2.75, 3.05) is 4.90 Å². The fourth-order valence-electron chi connectivity index (χ4n) is 4.27. The van der Waals surface area contributed by atoms with Crippen LogP contribution in [0.3, 0.4) is 0 Å². The van der Waals surface area contributed by atoms with Crippen molar-refractivity contribution in [3.05, 3.63) is 72.3 Å². The zero-order valence-corrected chi connectivity index (χ0v) is 17.6. The minimum Gasteiger partial charge on any atom is -0.337 e. The van der Waals surface area contributed by atoms with Gasteiger partial charge in [0.2, 0.25) is 0 Å². The average Bonchev–Trinajstić information content (AvgIpc) is 3.28. The number of anilines is 2.